The lowest BCUT2D eigenvalue weighted by Gasteiger charge is -2.46. The number of thiophene rings is 1. The van der Waals surface area contributed by atoms with Crippen LogP contribution in [0.4, 0.5) is 0 Å². The summed E-state index contributed by atoms with van der Waals surface area (Å²) in [6.45, 7) is 0. The standard InChI is InChI=1S/C12H19NOS/c1-13-11(9-10-5-3-8-15-10)12(14-2)6-4-7-12/h3,5,8,11,13H,4,6-7,9H2,1-2H3. The molecule has 1 aromatic rings. The van der Waals surface area contributed by atoms with Crippen LogP contribution in [0.25, 0.3) is 0 Å². The summed E-state index contributed by atoms with van der Waals surface area (Å²) in [6, 6.07) is 4.78. The quantitative estimate of drug-likeness (QED) is 0.831. The Bertz CT molecular complexity index is 287. The molecule has 84 valence electrons. The largest absolute Gasteiger partial charge is 0.377 e. The average molecular weight is 225 g/mol. The van der Waals surface area contributed by atoms with E-state index in [2.05, 4.69) is 22.8 Å². The molecule has 0 saturated heterocycles. The molecule has 1 fully saturated rings. The molecule has 1 saturated carbocycles. The van der Waals surface area contributed by atoms with Gasteiger partial charge < -0.3 is 10.1 Å². The Morgan fingerprint density at radius 3 is 2.80 bits per heavy atom. The molecule has 1 N–H and O–H groups in total. The smallest absolute Gasteiger partial charge is 0.0834 e. The Kier molecular flexibility index (Phi) is 3.44. The average Bonchev–Trinajstić information content (AvgIpc) is 2.68. The van der Waals surface area contributed by atoms with Crippen molar-refractivity contribution >= 4 is 11.3 Å². The van der Waals surface area contributed by atoms with E-state index in [9.17, 15) is 0 Å². The zero-order valence-electron chi connectivity index (χ0n) is 9.45. The van der Waals surface area contributed by atoms with Crippen LogP contribution in [-0.4, -0.2) is 25.8 Å². The Labute approximate surface area is 95.6 Å². The molecule has 0 bridgehead atoms. The van der Waals surface area contributed by atoms with Crippen molar-refractivity contribution in [3.63, 3.8) is 0 Å². The molecule has 2 rings (SSSR count). The predicted octanol–water partition coefficient (Wildman–Crippen LogP) is 2.45. The second kappa shape index (κ2) is 4.64. The van der Waals surface area contributed by atoms with Gasteiger partial charge in [-0.15, -0.1) is 11.3 Å². The summed E-state index contributed by atoms with van der Waals surface area (Å²) >= 11 is 1.83. The highest BCUT2D eigenvalue weighted by atomic mass is 32.1. The lowest BCUT2D eigenvalue weighted by molar-refractivity contribution is -0.0965. The van der Waals surface area contributed by atoms with Crippen LogP contribution in [-0.2, 0) is 11.2 Å². The van der Waals surface area contributed by atoms with E-state index < -0.39 is 0 Å². The third kappa shape index (κ3) is 2.10. The van der Waals surface area contributed by atoms with Gasteiger partial charge in [0, 0.05) is 18.0 Å². The summed E-state index contributed by atoms with van der Waals surface area (Å²) in [4.78, 5) is 1.44. The summed E-state index contributed by atoms with van der Waals surface area (Å²) in [7, 11) is 3.88. The lowest BCUT2D eigenvalue weighted by atomic mass is 9.73. The van der Waals surface area contributed by atoms with Gasteiger partial charge in [-0.2, -0.15) is 0 Å². The number of rotatable bonds is 5. The minimum atomic E-state index is 0.0960. The number of ether oxygens (including phenoxy) is 1. The molecule has 0 spiro atoms. The van der Waals surface area contributed by atoms with Crippen molar-refractivity contribution in [2.24, 2.45) is 0 Å². The van der Waals surface area contributed by atoms with Gasteiger partial charge in [0.05, 0.1) is 5.60 Å². The van der Waals surface area contributed by atoms with Crippen LogP contribution in [0.15, 0.2) is 17.5 Å². The molecule has 1 aromatic heterocycles. The van der Waals surface area contributed by atoms with Crippen molar-refractivity contribution in [3.8, 4) is 0 Å². The maximum atomic E-state index is 5.72. The molecule has 1 heterocycles. The van der Waals surface area contributed by atoms with Gasteiger partial charge in [0.2, 0.25) is 0 Å². The summed E-state index contributed by atoms with van der Waals surface area (Å²) in [5, 5.41) is 5.56. The fourth-order valence-corrected chi connectivity index (χ4v) is 3.15. The molecule has 2 nitrogen and oxygen atoms in total. The van der Waals surface area contributed by atoms with Gasteiger partial charge in [-0.25, -0.2) is 0 Å². The zero-order chi connectivity index (χ0) is 10.7. The van der Waals surface area contributed by atoms with Crippen molar-refractivity contribution in [1.29, 1.82) is 0 Å². The van der Waals surface area contributed by atoms with Crippen molar-refractivity contribution in [1.82, 2.24) is 5.32 Å². The van der Waals surface area contributed by atoms with E-state index in [0.717, 1.165) is 6.42 Å². The Balaban J connectivity index is 2.03. The SMILES string of the molecule is CNC(Cc1cccs1)C1(OC)CCC1. The normalized spacial score (nSPS) is 20.9. The van der Waals surface area contributed by atoms with E-state index in [-0.39, 0.29) is 5.60 Å². The third-order valence-electron chi connectivity index (χ3n) is 3.58. The van der Waals surface area contributed by atoms with Crippen LogP contribution < -0.4 is 5.32 Å². The molecule has 1 atom stereocenters. The monoisotopic (exact) mass is 225 g/mol. The van der Waals surface area contributed by atoms with E-state index >= 15 is 0 Å². The number of nitrogens with one attached hydrogen (secondary N) is 1. The van der Waals surface area contributed by atoms with Crippen molar-refractivity contribution < 1.29 is 4.74 Å². The van der Waals surface area contributed by atoms with Crippen LogP contribution in [0.2, 0.25) is 0 Å². The summed E-state index contributed by atoms with van der Waals surface area (Å²) in [5.74, 6) is 0. The first-order valence-corrected chi connectivity index (χ1v) is 6.43. The first-order chi connectivity index (χ1) is 7.30. The van der Waals surface area contributed by atoms with E-state index in [4.69, 9.17) is 4.74 Å². The molecular weight excluding hydrogens is 206 g/mol. The highest BCUT2D eigenvalue weighted by molar-refractivity contribution is 7.09. The van der Waals surface area contributed by atoms with Crippen LogP contribution in [0, 0.1) is 0 Å². The molecule has 1 aliphatic carbocycles. The molecule has 0 aliphatic heterocycles. The van der Waals surface area contributed by atoms with Crippen LogP contribution >= 0.6 is 11.3 Å². The molecule has 1 aliphatic rings. The van der Waals surface area contributed by atoms with Gasteiger partial charge in [-0.1, -0.05) is 6.07 Å². The summed E-state index contributed by atoms with van der Waals surface area (Å²) in [6.07, 6.45) is 4.78. The fourth-order valence-electron chi connectivity index (χ4n) is 2.40. The van der Waals surface area contributed by atoms with Crippen LogP contribution in [0.1, 0.15) is 24.1 Å². The van der Waals surface area contributed by atoms with E-state index in [1.165, 1.54) is 24.1 Å². The molecule has 0 aromatic carbocycles. The van der Waals surface area contributed by atoms with E-state index in [1.807, 2.05) is 25.5 Å². The van der Waals surface area contributed by atoms with E-state index in [1.54, 1.807) is 0 Å². The third-order valence-corrected chi connectivity index (χ3v) is 4.47. The molecule has 1 unspecified atom stereocenters. The molecular formula is C12H19NOS. The van der Waals surface area contributed by atoms with Crippen LogP contribution in [0.3, 0.4) is 0 Å². The number of likely N-dealkylation sites (N-methyl/N-ethyl adjacent to an activating group) is 1. The highest BCUT2D eigenvalue weighted by Gasteiger charge is 2.43. The topological polar surface area (TPSA) is 21.3 Å². The van der Waals surface area contributed by atoms with Crippen molar-refractivity contribution in [2.75, 3.05) is 14.2 Å². The van der Waals surface area contributed by atoms with E-state index in [0.29, 0.717) is 6.04 Å². The minimum absolute atomic E-state index is 0.0960. The maximum Gasteiger partial charge on any atom is 0.0834 e. The number of methoxy groups -OCH3 is 1. The summed E-state index contributed by atoms with van der Waals surface area (Å²) in [5.41, 5.74) is 0.0960. The Hall–Kier alpha value is -0.380. The molecule has 15 heavy (non-hydrogen) atoms. The lowest BCUT2D eigenvalue weighted by Crippen LogP contribution is -2.56. The number of hydrogen-bond donors (Lipinski definition) is 1. The van der Waals surface area contributed by atoms with Gasteiger partial charge in [0.25, 0.3) is 0 Å². The maximum absolute atomic E-state index is 5.72. The van der Waals surface area contributed by atoms with Gasteiger partial charge in [0.15, 0.2) is 0 Å². The van der Waals surface area contributed by atoms with Gasteiger partial charge in [-0.05, 0) is 44.2 Å². The number of hydrogen-bond acceptors (Lipinski definition) is 3. The zero-order valence-corrected chi connectivity index (χ0v) is 10.3. The van der Waals surface area contributed by atoms with Crippen molar-refractivity contribution in [3.05, 3.63) is 22.4 Å². The van der Waals surface area contributed by atoms with Gasteiger partial charge in [0.1, 0.15) is 0 Å². The first-order valence-electron chi connectivity index (χ1n) is 5.55. The second-order valence-electron chi connectivity index (χ2n) is 4.25. The predicted molar refractivity (Wildman–Crippen MR) is 64.5 cm³/mol. The van der Waals surface area contributed by atoms with Gasteiger partial charge in [-0.3, -0.25) is 0 Å². The minimum Gasteiger partial charge on any atom is -0.377 e. The van der Waals surface area contributed by atoms with Gasteiger partial charge >= 0.3 is 0 Å². The molecule has 0 radical (unpaired) electrons. The Morgan fingerprint density at radius 2 is 2.40 bits per heavy atom. The molecule has 0 amide bonds. The molecule has 3 heteroatoms. The van der Waals surface area contributed by atoms with Crippen LogP contribution in [0.5, 0.6) is 0 Å². The Morgan fingerprint density at radius 1 is 1.60 bits per heavy atom. The first kappa shape index (κ1) is 11.1. The fraction of sp³-hybridized carbons (Fsp3) is 0.667. The summed E-state index contributed by atoms with van der Waals surface area (Å²) < 4.78 is 5.72. The van der Waals surface area contributed by atoms with Crippen molar-refractivity contribution in [2.45, 2.75) is 37.3 Å². The second-order valence-corrected chi connectivity index (χ2v) is 5.28. The highest BCUT2D eigenvalue weighted by Crippen LogP contribution is 2.39.